The quantitative estimate of drug-likeness (QED) is 0.897. The van der Waals surface area contributed by atoms with Crippen LogP contribution in [0.5, 0.6) is 0 Å². The first-order valence-electron chi connectivity index (χ1n) is 6.30. The zero-order valence-corrected chi connectivity index (χ0v) is 11.1. The largest absolute Gasteiger partial charge is 0.363 e. The van der Waals surface area contributed by atoms with Crippen LogP contribution < -0.4 is 10.6 Å². The van der Waals surface area contributed by atoms with Crippen LogP contribution in [0.25, 0.3) is 0 Å². The zero-order valence-electron chi connectivity index (χ0n) is 10.2. The molecule has 0 saturated heterocycles. The minimum atomic E-state index is 0.552. The molecule has 2 N–H and O–H groups in total. The first-order chi connectivity index (χ1) is 8.88. The maximum atomic E-state index is 5.82. The monoisotopic (exact) mass is 259 g/mol. The predicted octanol–water partition coefficient (Wildman–Crippen LogP) is 2.77. The van der Waals surface area contributed by atoms with Gasteiger partial charge in [0.25, 0.3) is 0 Å². The van der Waals surface area contributed by atoms with Gasteiger partial charge in [0.1, 0.15) is 0 Å². The van der Waals surface area contributed by atoms with Gasteiger partial charge in [0.2, 0.25) is 0 Å². The molecule has 0 bridgehead atoms. The lowest BCUT2D eigenvalue weighted by molar-refractivity contribution is 0.792. The molecule has 1 saturated carbocycles. The highest BCUT2D eigenvalue weighted by Gasteiger charge is 2.30. The molecule has 1 fully saturated rings. The average molecular weight is 259 g/mol. The molecule has 2 aromatic heterocycles. The number of hydrogen-bond donors (Lipinski definition) is 1. The Kier molecular flexibility index (Phi) is 3.30. The number of anilines is 1. The van der Waals surface area contributed by atoms with Gasteiger partial charge in [0.15, 0.2) is 0 Å². The summed E-state index contributed by atoms with van der Waals surface area (Å²) >= 11 is 1.82. The molecule has 3 rings (SSSR count). The van der Waals surface area contributed by atoms with Gasteiger partial charge in [-0.3, -0.25) is 4.98 Å². The van der Waals surface area contributed by atoms with E-state index in [2.05, 4.69) is 33.5 Å². The summed E-state index contributed by atoms with van der Waals surface area (Å²) in [5.41, 5.74) is 8.21. The summed E-state index contributed by atoms with van der Waals surface area (Å²) in [6.07, 6.45) is 6.33. The SMILES string of the molecule is NCc1cnccc1N(Cc1cccs1)C1CC1. The van der Waals surface area contributed by atoms with E-state index in [1.165, 1.54) is 23.4 Å². The third kappa shape index (κ3) is 2.40. The molecule has 0 aliphatic heterocycles. The van der Waals surface area contributed by atoms with Crippen LogP contribution in [0.15, 0.2) is 36.0 Å². The first-order valence-corrected chi connectivity index (χ1v) is 7.18. The molecule has 0 spiro atoms. The normalized spacial score (nSPS) is 14.7. The number of aromatic nitrogens is 1. The summed E-state index contributed by atoms with van der Waals surface area (Å²) in [4.78, 5) is 8.06. The van der Waals surface area contributed by atoms with E-state index in [-0.39, 0.29) is 0 Å². The molecule has 1 aliphatic carbocycles. The van der Waals surface area contributed by atoms with E-state index < -0.39 is 0 Å². The first kappa shape index (κ1) is 11.7. The maximum Gasteiger partial charge on any atom is 0.0526 e. The van der Waals surface area contributed by atoms with E-state index in [0.29, 0.717) is 12.6 Å². The smallest absolute Gasteiger partial charge is 0.0526 e. The van der Waals surface area contributed by atoms with E-state index in [9.17, 15) is 0 Å². The number of nitrogens with two attached hydrogens (primary N) is 1. The molecule has 18 heavy (non-hydrogen) atoms. The van der Waals surface area contributed by atoms with Crippen molar-refractivity contribution in [2.45, 2.75) is 32.0 Å². The molecule has 0 atom stereocenters. The predicted molar refractivity (Wildman–Crippen MR) is 75.7 cm³/mol. The molecule has 0 amide bonds. The topological polar surface area (TPSA) is 42.1 Å². The van der Waals surface area contributed by atoms with E-state index in [0.717, 1.165) is 12.1 Å². The second kappa shape index (κ2) is 5.08. The molecule has 1 aliphatic rings. The van der Waals surface area contributed by atoms with Gasteiger partial charge in [-0.15, -0.1) is 11.3 Å². The zero-order chi connectivity index (χ0) is 12.4. The van der Waals surface area contributed by atoms with Gasteiger partial charge in [-0.2, -0.15) is 0 Å². The highest BCUT2D eigenvalue weighted by Crippen LogP contribution is 2.35. The van der Waals surface area contributed by atoms with Gasteiger partial charge in [0, 0.05) is 41.1 Å². The highest BCUT2D eigenvalue weighted by molar-refractivity contribution is 7.09. The second-order valence-corrected chi connectivity index (χ2v) is 5.68. The van der Waals surface area contributed by atoms with E-state index >= 15 is 0 Å². The minimum Gasteiger partial charge on any atom is -0.363 e. The molecule has 0 unspecified atom stereocenters. The van der Waals surface area contributed by atoms with E-state index in [1.54, 1.807) is 0 Å². The summed E-state index contributed by atoms with van der Waals surface area (Å²) in [5.74, 6) is 0. The molecule has 0 aromatic carbocycles. The Morgan fingerprint density at radius 1 is 1.39 bits per heavy atom. The molecule has 0 radical (unpaired) electrons. The van der Waals surface area contributed by atoms with E-state index in [4.69, 9.17) is 5.73 Å². The Balaban J connectivity index is 1.89. The number of thiophene rings is 1. The number of pyridine rings is 1. The lowest BCUT2D eigenvalue weighted by Crippen LogP contribution is -2.26. The summed E-state index contributed by atoms with van der Waals surface area (Å²) in [6.45, 7) is 1.54. The summed E-state index contributed by atoms with van der Waals surface area (Å²) in [7, 11) is 0. The van der Waals surface area contributed by atoms with Crippen molar-refractivity contribution < 1.29 is 0 Å². The Bertz CT molecular complexity index is 506. The number of nitrogens with zero attached hydrogens (tertiary/aromatic N) is 2. The van der Waals surface area contributed by atoms with Crippen molar-refractivity contribution in [2.24, 2.45) is 5.73 Å². The standard InChI is InChI=1S/C14H17N3S/c15-8-11-9-16-6-5-14(11)17(12-3-4-12)10-13-2-1-7-18-13/h1-2,5-7,9,12H,3-4,8,10,15H2. The maximum absolute atomic E-state index is 5.82. The van der Waals surface area contributed by atoms with Crippen molar-refractivity contribution >= 4 is 17.0 Å². The fourth-order valence-corrected chi connectivity index (χ4v) is 2.93. The molecular weight excluding hydrogens is 242 g/mol. The molecule has 3 nitrogen and oxygen atoms in total. The van der Waals surface area contributed by atoms with Crippen molar-refractivity contribution in [3.8, 4) is 0 Å². The van der Waals surface area contributed by atoms with Crippen molar-refractivity contribution in [2.75, 3.05) is 4.90 Å². The number of rotatable bonds is 5. The van der Waals surface area contributed by atoms with Crippen LogP contribution in [-0.4, -0.2) is 11.0 Å². The van der Waals surface area contributed by atoms with Crippen LogP contribution in [0.2, 0.25) is 0 Å². The fraction of sp³-hybridized carbons (Fsp3) is 0.357. The van der Waals surface area contributed by atoms with Crippen LogP contribution in [0.1, 0.15) is 23.3 Å². The van der Waals surface area contributed by atoms with Gasteiger partial charge in [-0.1, -0.05) is 6.07 Å². The number of hydrogen-bond acceptors (Lipinski definition) is 4. The van der Waals surface area contributed by atoms with Crippen LogP contribution >= 0.6 is 11.3 Å². The molecule has 94 valence electrons. The fourth-order valence-electron chi connectivity index (χ4n) is 2.22. The average Bonchev–Trinajstić information content (AvgIpc) is 3.13. The molecular formula is C14H17N3S. The van der Waals surface area contributed by atoms with Crippen LogP contribution in [0, 0.1) is 0 Å². The van der Waals surface area contributed by atoms with Gasteiger partial charge in [-0.25, -0.2) is 0 Å². The van der Waals surface area contributed by atoms with Crippen molar-refractivity contribution in [1.82, 2.24) is 4.98 Å². The molecule has 4 heteroatoms. The molecule has 2 aromatic rings. The Morgan fingerprint density at radius 2 is 2.28 bits per heavy atom. The highest BCUT2D eigenvalue weighted by atomic mass is 32.1. The van der Waals surface area contributed by atoms with Crippen molar-refractivity contribution in [3.63, 3.8) is 0 Å². The summed E-state index contributed by atoms with van der Waals surface area (Å²) < 4.78 is 0. The second-order valence-electron chi connectivity index (χ2n) is 4.65. The van der Waals surface area contributed by atoms with Crippen molar-refractivity contribution in [1.29, 1.82) is 0 Å². The van der Waals surface area contributed by atoms with Crippen LogP contribution in [-0.2, 0) is 13.1 Å². The van der Waals surface area contributed by atoms with Gasteiger partial charge < -0.3 is 10.6 Å². The summed E-state index contributed by atoms with van der Waals surface area (Å²) in [5, 5.41) is 2.14. The lowest BCUT2D eigenvalue weighted by Gasteiger charge is -2.26. The van der Waals surface area contributed by atoms with Gasteiger partial charge >= 0.3 is 0 Å². The third-order valence-corrected chi connectivity index (χ3v) is 4.16. The van der Waals surface area contributed by atoms with Crippen LogP contribution in [0.3, 0.4) is 0 Å². The molecule has 2 heterocycles. The third-order valence-electron chi connectivity index (χ3n) is 3.30. The Labute approximate surface area is 111 Å². The lowest BCUT2D eigenvalue weighted by atomic mass is 10.2. The Hall–Kier alpha value is -1.39. The Morgan fingerprint density at radius 3 is 2.94 bits per heavy atom. The van der Waals surface area contributed by atoms with Crippen molar-refractivity contribution in [3.05, 3.63) is 46.4 Å². The minimum absolute atomic E-state index is 0.552. The van der Waals surface area contributed by atoms with E-state index in [1.807, 2.05) is 23.7 Å². The van der Waals surface area contributed by atoms with Gasteiger partial charge in [-0.05, 0) is 30.4 Å². The van der Waals surface area contributed by atoms with Gasteiger partial charge in [0.05, 0.1) is 6.54 Å². The summed E-state index contributed by atoms with van der Waals surface area (Å²) in [6, 6.07) is 7.08. The van der Waals surface area contributed by atoms with Crippen LogP contribution in [0.4, 0.5) is 5.69 Å².